The number of nitrogens with one attached hydrogen (secondary N) is 2. The number of piperidine rings is 1. The minimum atomic E-state index is -0.324. The summed E-state index contributed by atoms with van der Waals surface area (Å²) in [5.41, 5.74) is 5.33. The lowest BCUT2D eigenvalue weighted by Crippen LogP contribution is -3.16. The van der Waals surface area contributed by atoms with Crippen molar-refractivity contribution in [1.29, 1.82) is 0 Å². The summed E-state index contributed by atoms with van der Waals surface area (Å²) >= 11 is 0. The molecule has 5 nitrogen and oxygen atoms in total. The normalized spacial score (nSPS) is 25.0. The van der Waals surface area contributed by atoms with Crippen molar-refractivity contribution in [3.63, 3.8) is 0 Å². The Labute approximate surface area is 177 Å². The van der Waals surface area contributed by atoms with Crippen LogP contribution in [0.1, 0.15) is 29.0 Å². The number of hydrogen-bond acceptors (Lipinski definition) is 2. The lowest BCUT2D eigenvalue weighted by atomic mass is 9.72. The fourth-order valence-corrected chi connectivity index (χ4v) is 5.64. The molecule has 2 N–H and O–H groups in total. The molecule has 3 aromatic rings. The van der Waals surface area contributed by atoms with E-state index in [1.165, 1.54) is 22.0 Å². The van der Waals surface area contributed by atoms with Crippen molar-refractivity contribution in [2.24, 2.45) is 13.0 Å². The van der Waals surface area contributed by atoms with Crippen LogP contribution in [0.3, 0.4) is 0 Å². The number of nitrogens with zero attached hydrogens (tertiary/aromatic N) is 1. The number of quaternary nitrogens is 1. The average molecular weight is 405 g/mol. The number of alkyl carbamates (subject to hydrolysis) is 1. The van der Waals surface area contributed by atoms with Gasteiger partial charge in [-0.15, -0.1) is 0 Å². The first-order valence-electron chi connectivity index (χ1n) is 10.9. The summed E-state index contributed by atoms with van der Waals surface area (Å²) in [5, 5.41) is 4.47. The van der Waals surface area contributed by atoms with Gasteiger partial charge in [-0.05, 0) is 29.2 Å². The number of fused-ring (bicyclic) bond motifs is 2. The number of aryl methyl sites for hydroxylation is 1. The molecule has 1 aliphatic heterocycles. The second kappa shape index (κ2) is 7.80. The van der Waals surface area contributed by atoms with Gasteiger partial charge in [0, 0.05) is 48.9 Å². The van der Waals surface area contributed by atoms with Crippen LogP contribution in [0.15, 0.2) is 54.7 Å². The second-order valence-corrected chi connectivity index (χ2v) is 9.02. The summed E-state index contributed by atoms with van der Waals surface area (Å²) < 4.78 is 7.66. The molecule has 1 amide bonds. The zero-order chi connectivity index (χ0) is 20.7. The van der Waals surface area contributed by atoms with Crippen molar-refractivity contribution >= 4 is 17.0 Å². The van der Waals surface area contributed by atoms with Gasteiger partial charge in [0.05, 0.1) is 19.6 Å². The predicted octanol–water partition coefficient (Wildman–Crippen LogP) is 2.65. The maximum atomic E-state index is 12.2. The molecule has 0 radical (unpaired) electrons. The minimum absolute atomic E-state index is 0.311. The Morgan fingerprint density at radius 1 is 1.20 bits per heavy atom. The standard InChI is InChI=1S/C25H29N3O2/c1-27-14-18(13-26-25(29)30-16-17-7-4-3-5-8-17)11-21-20-9-6-10-22-24(20)19(12-23(21)27)15-28(22)2/h3-10,15,18,21,23H,11-14,16H2,1-2H3,(H,26,29)/p+1/t18-,21+,23+/m0/s1. The summed E-state index contributed by atoms with van der Waals surface area (Å²) in [6.07, 6.45) is 4.25. The molecule has 1 saturated heterocycles. The largest absolute Gasteiger partial charge is 0.445 e. The van der Waals surface area contributed by atoms with Crippen LogP contribution < -0.4 is 10.2 Å². The van der Waals surface area contributed by atoms with Crippen molar-refractivity contribution < 1.29 is 14.4 Å². The third kappa shape index (κ3) is 3.47. The summed E-state index contributed by atoms with van der Waals surface area (Å²) in [6, 6.07) is 17.2. The van der Waals surface area contributed by atoms with Crippen molar-refractivity contribution in [3.05, 3.63) is 71.4 Å². The fraction of sp³-hybridized carbons (Fsp3) is 0.400. The molecule has 156 valence electrons. The van der Waals surface area contributed by atoms with Crippen LogP contribution in [0.5, 0.6) is 0 Å². The van der Waals surface area contributed by atoms with E-state index < -0.39 is 0 Å². The highest BCUT2D eigenvalue weighted by molar-refractivity contribution is 5.89. The molecule has 30 heavy (non-hydrogen) atoms. The van der Waals surface area contributed by atoms with E-state index in [0.717, 1.165) is 24.9 Å². The predicted molar refractivity (Wildman–Crippen MR) is 118 cm³/mol. The van der Waals surface area contributed by atoms with E-state index in [0.29, 0.717) is 31.0 Å². The lowest BCUT2D eigenvalue weighted by Gasteiger charge is -2.42. The van der Waals surface area contributed by atoms with Gasteiger partial charge in [0.2, 0.25) is 0 Å². The van der Waals surface area contributed by atoms with E-state index in [1.54, 1.807) is 4.90 Å². The Morgan fingerprint density at radius 2 is 2.03 bits per heavy atom. The summed E-state index contributed by atoms with van der Waals surface area (Å²) in [7, 11) is 4.46. The zero-order valence-corrected chi connectivity index (χ0v) is 17.7. The molecule has 0 saturated carbocycles. The van der Waals surface area contributed by atoms with Crippen LogP contribution in [0.25, 0.3) is 10.9 Å². The van der Waals surface area contributed by atoms with Gasteiger partial charge in [-0.1, -0.05) is 42.5 Å². The molecular formula is C25H30N3O2+. The van der Waals surface area contributed by atoms with Gasteiger partial charge in [-0.3, -0.25) is 0 Å². The number of ether oxygens (including phenoxy) is 1. The third-order valence-corrected chi connectivity index (χ3v) is 7.03. The summed E-state index contributed by atoms with van der Waals surface area (Å²) in [5.74, 6) is 1.00. The molecule has 1 unspecified atom stereocenters. The molecule has 2 heterocycles. The average Bonchev–Trinajstić information content (AvgIpc) is 3.09. The number of amides is 1. The van der Waals surface area contributed by atoms with E-state index in [-0.39, 0.29) is 6.09 Å². The van der Waals surface area contributed by atoms with Gasteiger partial charge < -0.3 is 19.5 Å². The summed E-state index contributed by atoms with van der Waals surface area (Å²) in [6.45, 7) is 2.07. The Hall–Kier alpha value is -2.79. The van der Waals surface area contributed by atoms with Crippen LogP contribution in [-0.4, -0.2) is 36.8 Å². The molecule has 4 atom stereocenters. The van der Waals surface area contributed by atoms with Crippen molar-refractivity contribution in [3.8, 4) is 0 Å². The van der Waals surface area contributed by atoms with E-state index in [9.17, 15) is 4.79 Å². The lowest BCUT2D eigenvalue weighted by molar-refractivity contribution is -0.916. The number of carbonyl (C=O) groups excluding carboxylic acids is 1. The molecule has 1 fully saturated rings. The molecular weight excluding hydrogens is 374 g/mol. The van der Waals surface area contributed by atoms with Gasteiger partial charge in [0.25, 0.3) is 0 Å². The van der Waals surface area contributed by atoms with Gasteiger partial charge in [-0.25, -0.2) is 4.79 Å². The maximum absolute atomic E-state index is 12.2. The first-order valence-corrected chi connectivity index (χ1v) is 10.9. The maximum Gasteiger partial charge on any atom is 0.407 e. The van der Waals surface area contributed by atoms with E-state index in [1.807, 2.05) is 30.3 Å². The fourth-order valence-electron chi connectivity index (χ4n) is 5.64. The number of benzene rings is 2. The van der Waals surface area contributed by atoms with Gasteiger partial charge in [0.15, 0.2) is 0 Å². The molecule has 1 aromatic heterocycles. The number of hydrogen-bond donors (Lipinski definition) is 2. The molecule has 0 spiro atoms. The molecule has 5 rings (SSSR count). The van der Waals surface area contributed by atoms with E-state index in [4.69, 9.17) is 4.74 Å². The molecule has 2 aliphatic rings. The van der Waals surface area contributed by atoms with Crippen LogP contribution >= 0.6 is 0 Å². The molecule has 2 aromatic carbocycles. The quantitative estimate of drug-likeness (QED) is 0.702. The highest BCUT2D eigenvalue weighted by Gasteiger charge is 2.42. The zero-order valence-electron chi connectivity index (χ0n) is 17.7. The first kappa shape index (κ1) is 19.2. The van der Waals surface area contributed by atoms with Crippen LogP contribution in [0.4, 0.5) is 4.79 Å². The van der Waals surface area contributed by atoms with E-state index in [2.05, 4.69) is 48.4 Å². The van der Waals surface area contributed by atoms with Crippen molar-refractivity contribution in [2.45, 2.75) is 31.4 Å². The number of aromatic nitrogens is 1. The highest BCUT2D eigenvalue weighted by atomic mass is 16.5. The van der Waals surface area contributed by atoms with Crippen molar-refractivity contribution in [2.75, 3.05) is 20.1 Å². The Balaban J connectivity index is 1.25. The second-order valence-electron chi connectivity index (χ2n) is 9.02. The van der Waals surface area contributed by atoms with E-state index >= 15 is 0 Å². The van der Waals surface area contributed by atoms with Gasteiger partial charge in [0.1, 0.15) is 6.61 Å². The van der Waals surface area contributed by atoms with Crippen molar-refractivity contribution in [1.82, 2.24) is 9.88 Å². The SMILES string of the molecule is Cn1cc2c3c(cccc31)[C@H]1C[C@@H](CNC(=O)OCc3ccccc3)C[NH+](C)[C@@H]1C2. The van der Waals surface area contributed by atoms with Crippen LogP contribution in [0, 0.1) is 5.92 Å². The van der Waals surface area contributed by atoms with Crippen LogP contribution in [0.2, 0.25) is 0 Å². The molecule has 0 bridgehead atoms. The first-order chi connectivity index (χ1) is 14.6. The minimum Gasteiger partial charge on any atom is -0.445 e. The highest BCUT2D eigenvalue weighted by Crippen LogP contribution is 2.40. The number of rotatable bonds is 4. The Morgan fingerprint density at radius 3 is 2.87 bits per heavy atom. The number of likely N-dealkylation sites (N-methyl/N-ethyl adjacent to an activating group) is 1. The third-order valence-electron chi connectivity index (χ3n) is 7.03. The molecule has 5 heteroatoms. The number of likely N-dealkylation sites (tertiary alicyclic amines) is 1. The Kier molecular flexibility index (Phi) is 4.99. The monoisotopic (exact) mass is 404 g/mol. The molecule has 1 aliphatic carbocycles. The smallest absolute Gasteiger partial charge is 0.407 e. The van der Waals surface area contributed by atoms with Gasteiger partial charge in [-0.2, -0.15) is 0 Å². The van der Waals surface area contributed by atoms with Crippen LogP contribution in [-0.2, 0) is 24.8 Å². The Bertz CT molecular complexity index is 1060. The van der Waals surface area contributed by atoms with Gasteiger partial charge >= 0.3 is 6.09 Å². The topological polar surface area (TPSA) is 47.7 Å². The summed E-state index contributed by atoms with van der Waals surface area (Å²) in [4.78, 5) is 13.8. The number of carbonyl (C=O) groups is 1.